The second-order valence-corrected chi connectivity index (χ2v) is 5.31. The number of amides is 1. The number of aromatic nitrogens is 2. The van der Waals surface area contributed by atoms with Gasteiger partial charge in [0.15, 0.2) is 0 Å². The van der Waals surface area contributed by atoms with Crippen LogP contribution in [0, 0.1) is 6.92 Å². The summed E-state index contributed by atoms with van der Waals surface area (Å²) in [6.45, 7) is 1.73. The van der Waals surface area contributed by atoms with Crippen molar-refractivity contribution in [2.75, 3.05) is 6.26 Å². The Morgan fingerprint density at radius 2 is 2.05 bits per heavy atom. The lowest BCUT2D eigenvalue weighted by molar-refractivity contribution is -0.120. The Labute approximate surface area is 126 Å². The second kappa shape index (κ2) is 6.94. The summed E-state index contributed by atoms with van der Waals surface area (Å²) in [6, 6.07) is 7.80. The molecule has 7 heteroatoms. The molecule has 0 saturated carbocycles. The van der Waals surface area contributed by atoms with E-state index in [1.54, 1.807) is 24.9 Å². The van der Waals surface area contributed by atoms with E-state index in [1.165, 1.54) is 4.90 Å². The number of H-pyrrole nitrogens is 2. The van der Waals surface area contributed by atoms with Gasteiger partial charge in [0, 0.05) is 16.2 Å². The number of hydrazone groups is 1. The van der Waals surface area contributed by atoms with Crippen molar-refractivity contribution in [1.29, 1.82) is 0 Å². The number of thioether (sulfide) groups is 1. The predicted octanol–water partition coefficient (Wildman–Crippen LogP) is 1.43. The van der Waals surface area contributed by atoms with Crippen LogP contribution < -0.4 is 11.0 Å². The van der Waals surface area contributed by atoms with E-state index in [0.29, 0.717) is 11.3 Å². The molecule has 3 N–H and O–H groups in total. The van der Waals surface area contributed by atoms with Gasteiger partial charge in [0.2, 0.25) is 5.91 Å². The standard InChI is InChI=1S/C14H16N4O2S/c1-9-12(14(20)18-16-9)7-13(19)17-15-8-10-3-5-11(21-2)6-4-10/h3-6,8H,7H2,1-2H3,(H,17,19)(H2,16,18,20)/b15-8-. The first-order chi connectivity index (χ1) is 10.1. The fourth-order valence-corrected chi connectivity index (χ4v) is 2.16. The number of carbonyl (C=O) groups excluding carboxylic acids is 1. The number of rotatable bonds is 5. The highest BCUT2D eigenvalue weighted by Gasteiger charge is 2.10. The highest BCUT2D eigenvalue weighted by molar-refractivity contribution is 7.98. The lowest BCUT2D eigenvalue weighted by Gasteiger charge is -1.99. The van der Waals surface area contributed by atoms with E-state index in [2.05, 4.69) is 20.7 Å². The highest BCUT2D eigenvalue weighted by atomic mass is 32.2. The quantitative estimate of drug-likeness (QED) is 0.443. The normalized spacial score (nSPS) is 11.0. The molecular formula is C14H16N4O2S. The molecule has 1 amide bonds. The molecule has 0 radical (unpaired) electrons. The summed E-state index contributed by atoms with van der Waals surface area (Å²) in [5, 5.41) is 8.99. The zero-order valence-corrected chi connectivity index (χ0v) is 12.6. The maximum Gasteiger partial charge on any atom is 0.267 e. The van der Waals surface area contributed by atoms with Crippen LogP contribution in [-0.2, 0) is 11.2 Å². The molecule has 1 aromatic carbocycles. The third-order valence-corrected chi connectivity index (χ3v) is 3.69. The lowest BCUT2D eigenvalue weighted by Crippen LogP contribution is -2.23. The van der Waals surface area contributed by atoms with E-state index in [1.807, 2.05) is 30.5 Å². The molecule has 0 fully saturated rings. The summed E-state index contributed by atoms with van der Waals surface area (Å²) >= 11 is 1.66. The first-order valence-corrected chi connectivity index (χ1v) is 7.54. The van der Waals surface area contributed by atoms with E-state index in [4.69, 9.17) is 0 Å². The number of carbonyl (C=O) groups is 1. The Morgan fingerprint density at radius 3 is 2.62 bits per heavy atom. The molecule has 0 bridgehead atoms. The third kappa shape index (κ3) is 4.09. The Balaban J connectivity index is 1.91. The molecule has 0 aliphatic carbocycles. The number of hydrogen-bond acceptors (Lipinski definition) is 4. The lowest BCUT2D eigenvalue weighted by atomic mass is 10.2. The van der Waals surface area contributed by atoms with Gasteiger partial charge in [0.25, 0.3) is 5.56 Å². The molecule has 0 spiro atoms. The first-order valence-electron chi connectivity index (χ1n) is 6.32. The minimum atomic E-state index is -0.333. The van der Waals surface area contributed by atoms with Gasteiger partial charge in [-0.05, 0) is 30.9 Å². The number of hydrogen-bond donors (Lipinski definition) is 3. The van der Waals surface area contributed by atoms with E-state index in [-0.39, 0.29) is 17.9 Å². The van der Waals surface area contributed by atoms with Crippen molar-refractivity contribution in [1.82, 2.24) is 15.6 Å². The van der Waals surface area contributed by atoms with Crippen molar-refractivity contribution in [2.45, 2.75) is 18.2 Å². The van der Waals surface area contributed by atoms with Crippen molar-refractivity contribution < 1.29 is 4.79 Å². The highest BCUT2D eigenvalue weighted by Crippen LogP contribution is 2.13. The SMILES string of the molecule is CSc1ccc(/C=N\NC(=O)Cc2c(C)[nH][nH]c2=O)cc1. The monoisotopic (exact) mass is 304 g/mol. The Morgan fingerprint density at radius 1 is 1.33 bits per heavy atom. The van der Waals surface area contributed by atoms with Crippen LogP contribution in [0.5, 0.6) is 0 Å². The fourth-order valence-electron chi connectivity index (χ4n) is 1.75. The van der Waals surface area contributed by atoms with E-state index >= 15 is 0 Å². The number of nitrogens with zero attached hydrogens (tertiary/aromatic N) is 1. The predicted molar refractivity (Wildman–Crippen MR) is 83.8 cm³/mol. The Kier molecular flexibility index (Phi) is 4.99. The number of benzene rings is 1. The maximum atomic E-state index is 11.7. The summed E-state index contributed by atoms with van der Waals surface area (Å²) < 4.78 is 0. The molecule has 1 heterocycles. The average Bonchev–Trinajstić information content (AvgIpc) is 2.80. The van der Waals surface area contributed by atoms with Gasteiger partial charge in [0.05, 0.1) is 12.6 Å². The number of aromatic amines is 2. The van der Waals surface area contributed by atoms with E-state index in [0.717, 1.165) is 5.56 Å². The van der Waals surface area contributed by atoms with E-state index in [9.17, 15) is 9.59 Å². The van der Waals surface area contributed by atoms with Gasteiger partial charge in [0.1, 0.15) is 0 Å². The summed E-state index contributed by atoms with van der Waals surface area (Å²) in [4.78, 5) is 24.3. The van der Waals surface area contributed by atoms with Crippen LogP contribution >= 0.6 is 11.8 Å². The Hall–Kier alpha value is -2.28. The molecule has 110 valence electrons. The largest absolute Gasteiger partial charge is 0.302 e. The van der Waals surface area contributed by atoms with Gasteiger partial charge in [-0.1, -0.05) is 12.1 Å². The molecule has 0 atom stereocenters. The topological polar surface area (TPSA) is 90.1 Å². The molecule has 0 aliphatic rings. The van der Waals surface area contributed by atoms with Crippen LogP contribution in [0.1, 0.15) is 16.8 Å². The van der Waals surface area contributed by atoms with Crippen LogP contribution in [0.3, 0.4) is 0 Å². The second-order valence-electron chi connectivity index (χ2n) is 4.43. The van der Waals surface area contributed by atoms with Gasteiger partial charge in [-0.3, -0.25) is 14.7 Å². The van der Waals surface area contributed by atoms with Crippen molar-refractivity contribution >= 4 is 23.9 Å². The van der Waals surface area contributed by atoms with Crippen molar-refractivity contribution in [2.24, 2.45) is 5.10 Å². The van der Waals surface area contributed by atoms with Gasteiger partial charge in [-0.25, -0.2) is 5.43 Å². The first kappa shape index (κ1) is 15.1. The van der Waals surface area contributed by atoms with Crippen molar-refractivity contribution in [3.63, 3.8) is 0 Å². The van der Waals surface area contributed by atoms with Crippen LogP contribution in [-0.4, -0.2) is 28.6 Å². The zero-order chi connectivity index (χ0) is 15.2. The number of aryl methyl sites for hydroxylation is 1. The van der Waals surface area contributed by atoms with Gasteiger partial charge in [-0.2, -0.15) is 5.10 Å². The fraction of sp³-hybridized carbons (Fsp3) is 0.214. The summed E-state index contributed by atoms with van der Waals surface area (Å²) in [5.41, 5.74) is 4.11. The van der Waals surface area contributed by atoms with E-state index < -0.39 is 0 Å². The summed E-state index contributed by atoms with van der Waals surface area (Å²) in [7, 11) is 0. The number of nitrogens with one attached hydrogen (secondary N) is 3. The molecule has 0 unspecified atom stereocenters. The summed E-state index contributed by atoms with van der Waals surface area (Å²) in [6.07, 6.45) is 3.57. The molecule has 6 nitrogen and oxygen atoms in total. The van der Waals surface area contributed by atoms with Crippen LogP contribution in [0.15, 0.2) is 39.1 Å². The molecule has 21 heavy (non-hydrogen) atoms. The van der Waals surface area contributed by atoms with Crippen molar-refractivity contribution in [3.05, 3.63) is 51.4 Å². The smallest absolute Gasteiger partial charge is 0.267 e. The van der Waals surface area contributed by atoms with Gasteiger partial charge >= 0.3 is 0 Å². The minimum absolute atomic E-state index is 0.00653. The van der Waals surface area contributed by atoms with Crippen LogP contribution in [0.4, 0.5) is 0 Å². The average molecular weight is 304 g/mol. The zero-order valence-electron chi connectivity index (χ0n) is 11.8. The summed E-state index contributed by atoms with van der Waals surface area (Å²) in [5.74, 6) is -0.333. The van der Waals surface area contributed by atoms with Crippen LogP contribution in [0.25, 0.3) is 0 Å². The Bertz CT molecular complexity index is 701. The molecule has 0 aliphatic heterocycles. The molecule has 1 aromatic heterocycles. The molecule has 2 rings (SSSR count). The minimum Gasteiger partial charge on any atom is -0.302 e. The third-order valence-electron chi connectivity index (χ3n) is 2.95. The maximum absolute atomic E-state index is 11.7. The van der Waals surface area contributed by atoms with Gasteiger partial charge in [-0.15, -0.1) is 11.8 Å². The molecule has 0 saturated heterocycles. The molecular weight excluding hydrogens is 288 g/mol. The van der Waals surface area contributed by atoms with Crippen molar-refractivity contribution in [3.8, 4) is 0 Å². The molecule has 2 aromatic rings. The van der Waals surface area contributed by atoms with Crippen LogP contribution in [0.2, 0.25) is 0 Å². The van der Waals surface area contributed by atoms with Gasteiger partial charge < -0.3 is 5.10 Å².